The number of rotatable bonds is 12. The molecule has 1 aromatic rings. The van der Waals surface area contributed by atoms with Crippen LogP contribution in [0.5, 0.6) is 0 Å². The van der Waals surface area contributed by atoms with Crippen LogP contribution in [0.2, 0.25) is 0 Å². The summed E-state index contributed by atoms with van der Waals surface area (Å²) < 4.78 is 0. The van der Waals surface area contributed by atoms with E-state index in [2.05, 4.69) is 24.4 Å². The third kappa shape index (κ3) is 8.20. The lowest BCUT2D eigenvalue weighted by Crippen LogP contribution is -2.19. The van der Waals surface area contributed by atoms with E-state index in [9.17, 15) is 5.11 Å². The fourth-order valence-corrected chi connectivity index (χ4v) is 2.40. The van der Waals surface area contributed by atoms with Crippen LogP contribution in [0.3, 0.4) is 0 Å². The number of aliphatic hydroxyl groups excluding tert-OH is 2. The molecule has 0 bridgehead atoms. The smallest absolute Gasteiger partial charge is 0.0802 e. The van der Waals surface area contributed by atoms with Crippen molar-refractivity contribution in [1.29, 1.82) is 0 Å². The second-order valence-corrected chi connectivity index (χ2v) is 5.68. The minimum Gasteiger partial charge on any atom is -0.396 e. The van der Waals surface area contributed by atoms with Gasteiger partial charge in [-0.2, -0.15) is 0 Å². The lowest BCUT2D eigenvalue weighted by atomic mass is 10.0. The van der Waals surface area contributed by atoms with Gasteiger partial charge in [0.05, 0.1) is 6.10 Å². The van der Waals surface area contributed by atoms with Crippen molar-refractivity contribution in [3.63, 3.8) is 0 Å². The van der Waals surface area contributed by atoms with Crippen molar-refractivity contribution in [2.75, 3.05) is 19.7 Å². The van der Waals surface area contributed by atoms with Gasteiger partial charge >= 0.3 is 0 Å². The SMILES string of the molecule is CCCCCCc1ccc(C(O)CCNCCCO)cc1. The number of benzene rings is 1. The zero-order chi connectivity index (χ0) is 15.3. The number of unbranched alkanes of at least 4 members (excludes halogenated alkanes) is 3. The first kappa shape index (κ1) is 18.1. The molecule has 0 aliphatic heterocycles. The van der Waals surface area contributed by atoms with Gasteiger partial charge in [0.15, 0.2) is 0 Å². The van der Waals surface area contributed by atoms with Gasteiger partial charge in [0, 0.05) is 6.61 Å². The van der Waals surface area contributed by atoms with Crippen LogP contribution < -0.4 is 5.32 Å². The molecule has 0 fully saturated rings. The molecule has 1 atom stereocenters. The van der Waals surface area contributed by atoms with Gasteiger partial charge in [0.1, 0.15) is 0 Å². The van der Waals surface area contributed by atoms with Gasteiger partial charge in [-0.15, -0.1) is 0 Å². The van der Waals surface area contributed by atoms with Gasteiger partial charge < -0.3 is 15.5 Å². The molecule has 0 saturated carbocycles. The Bertz CT molecular complexity index is 351. The summed E-state index contributed by atoms with van der Waals surface area (Å²) in [6.07, 6.45) is 7.37. The maximum atomic E-state index is 10.1. The molecule has 0 radical (unpaired) electrons. The topological polar surface area (TPSA) is 52.5 Å². The molecule has 0 aliphatic carbocycles. The lowest BCUT2D eigenvalue weighted by molar-refractivity contribution is 0.166. The highest BCUT2D eigenvalue weighted by Crippen LogP contribution is 2.17. The highest BCUT2D eigenvalue weighted by molar-refractivity contribution is 5.24. The molecule has 0 aromatic heterocycles. The molecule has 0 saturated heterocycles. The van der Waals surface area contributed by atoms with Crippen molar-refractivity contribution in [3.05, 3.63) is 35.4 Å². The average Bonchev–Trinajstić information content (AvgIpc) is 2.52. The van der Waals surface area contributed by atoms with Crippen molar-refractivity contribution < 1.29 is 10.2 Å². The van der Waals surface area contributed by atoms with Gasteiger partial charge in [0.25, 0.3) is 0 Å². The molecule has 1 aromatic carbocycles. The second-order valence-electron chi connectivity index (χ2n) is 5.68. The molecule has 3 nitrogen and oxygen atoms in total. The van der Waals surface area contributed by atoms with Crippen LogP contribution in [-0.4, -0.2) is 29.9 Å². The summed E-state index contributed by atoms with van der Waals surface area (Å²) in [7, 11) is 0. The summed E-state index contributed by atoms with van der Waals surface area (Å²) in [6, 6.07) is 8.38. The maximum absolute atomic E-state index is 10.1. The van der Waals surface area contributed by atoms with E-state index in [0.717, 1.165) is 31.5 Å². The molecule has 3 N–H and O–H groups in total. The van der Waals surface area contributed by atoms with E-state index in [1.807, 2.05) is 12.1 Å². The summed E-state index contributed by atoms with van der Waals surface area (Å²) in [5.74, 6) is 0. The Labute approximate surface area is 129 Å². The van der Waals surface area contributed by atoms with E-state index in [4.69, 9.17) is 5.11 Å². The molecular weight excluding hydrogens is 262 g/mol. The summed E-state index contributed by atoms with van der Waals surface area (Å²) in [6.45, 7) is 4.03. The van der Waals surface area contributed by atoms with Gasteiger partial charge in [-0.1, -0.05) is 50.5 Å². The molecule has 21 heavy (non-hydrogen) atoms. The van der Waals surface area contributed by atoms with Gasteiger partial charge in [-0.05, 0) is 49.9 Å². The van der Waals surface area contributed by atoms with Crippen LogP contribution in [0, 0.1) is 0 Å². The van der Waals surface area contributed by atoms with Crippen molar-refractivity contribution in [2.24, 2.45) is 0 Å². The summed E-state index contributed by atoms with van der Waals surface area (Å²) >= 11 is 0. The molecule has 120 valence electrons. The molecule has 0 heterocycles. The van der Waals surface area contributed by atoms with Crippen molar-refractivity contribution in [3.8, 4) is 0 Å². The van der Waals surface area contributed by atoms with Crippen molar-refractivity contribution in [1.82, 2.24) is 5.32 Å². The minimum absolute atomic E-state index is 0.218. The van der Waals surface area contributed by atoms with Crippen LogP contribution in [0.25, 0.3) is 0 Å². The Morgan fingerprint density at radius 1 is 1.00 bits per heavy atom. The van der Waals surface area contributed by atoms with E-state index in [0.29, 0.717) is 6.42 Å². The van der Waals surface area contributed by atoms with Gasteiger partial charge in [-0.3, -0.25) is 0 Å². The Morgan fingerprint density at radius 2 is 1.76 bits per heavy atom. The molecule has 0 spiro atoms. The summed E-state index contributed by atoms with van der Waals surface area (Å²) in [5.41, 5.74) is 2.36. The van der Waals surface area contributed by atoms with Gasteiger partial charge in [0.2, 0.25) is 0 Å². The Morgan fingerprint density at radius 3 is 2.43 bits per heavy atom. The first-order chi connectivity index (χ1) is 10.3. The number of hydrogen-bond donors (Lipinski definition) is 3. The zero-order valence-electron chi connectivity index (χ0n) is 13.4. The fraction of sp³-hybridized carbons (Fsp3) is 0.667. The molecule has 1 unspecified atom stereocenters. The predicted octanol–water partition coefficient (Wildman–Crippen LogP) is 3.20. The van der Waals surface area contributed by atoms with E-state index < -0.39 is 6.10 Å². The van der Waals surface area contributed by atoms with Crippen molar-refractivity contribution in [2.45, 2.75) is 58.0 Å². The van der Waals surface area contributed by atoms with Gasteiger partial charge in [-0.25, -0.2) is 0 Å². The lowest BCUT2D eigenvalue weighted by Gasteiger charge is -2.12. The van der Waals surface area contributed by atoms with Crippen molar-refractivity contribution >= 4 is 0 Å². The summed E-state index contributed by atoms with van der Waals surface area (Å²) in [4.78, 5) is 0. The highest BCUT2D eigenvalue weighted by atomic mass is 16.3. The number of aliphatic hydroxyl groups is 2. The van der Waals surface area contributed by atoms with Crippen LogP contribution in [0.4, 0.5) is 0 Å². The quantitative estimate of drug-likeness (QED) is 0.519. The molecule has 0 aliphatic rings. The number of aryl methyl sites for hydroxylation is 1. The Balaban J connectivity index is 2.25. The Hall–Kier alpha value is -0.900. The molecular formula is C18H31NO2. The maximum Gasteiger partial charge on any atom is 0.0802 e. The minimum atomic E-state index is -0.402. The second kappa shape index (κ2) is 11.7. The monoisotopic (exact) mass is 293 g/mol. The normalized spacial score (nSPS) is 12.5. The standard InChI is InChI=1S/C18H31NO2/c1-2-3-4-5-7-16-8-10-17(11-9-16)18(21)12-14-19-13-6-15-20/h8-11,18-21H,2-7,12-15H2,1H3. The Kier molecular flexibility index (Phi) is 10.1. The van der Waals surface area contributed by atoms with Crippen LogP contribution in [0.15, 0.2) is 24.3 Å². The molecule has 0 amide bonds. The van der Waals surface area contributed by atoms with Crippen LogP contribution >= 0.6 is 0 Å². The summed E-state index contributed by atoms with van der Waals surface area (Å²) in [5, 5.41) is 22.0. The first-order valence-corrected chi connectivity index (χ1v) is 8.36. The molecule has 1 rings (SSSR count). The molecule has 3 heteroatoms. The van der Waals surface area contributed by atoms with E-state index in [-0.39, 0.29) is 6.61 Å². The largest absolute Gasteiger partial charge is 0.396 e. The third-order valence-electron chi connectivity index (χ3n) is 3.79. The van der Waals surface area contributed by atoms with E-state index >= 15 is 0 Å². The predicted molar refractivity (Wildman–Crippen MR) is 88.4 cm³/mol. The zero-order valence-corrected chi connectivity index (χ0v) is 13.4. The van der Waals surface area contributed by atoms with Crippen LogP contribution in [-0.2, 0) is 6.42 Å². The number of nitrogens with one attached hydrogen (secondary N) is 1. The van der Waals surface area contributed by atoms with E-state index in [1.165, 1.54) is 31.2 Å². The fourth-order valence-electron chi connectivity index (χ4n) is 2.40. The average molecular weight is 293 g/mol. The number of hydrogen-bond acceptors (Lipinski definition) is 3. The van der Waals surface area contributed by atoms with E-state index in [1.54, 1.807) is 0 Å². The van der Waals surface area contributed by atoms with Crippen LogP contribution in [0.1, 0.15) is 62.7 Å². The third-order valence-corrected chi connectivity index (χ3v) is 3.79. The highest BCUT2D eigenvalue weighted by Gasteiger charge is 2.06. The first-order valence-electron chi connectivity index (χ1n) is 8.36.